The summed E-state index contributed by atoms with van der Waals surface area (Å²) in [5.74, 6) is 0.459. The van der Waals surface area contributed by atoms with Gasteiger partial charge in [-0.3, -0.25) is 15.6 Å². The molecule has 1 fully saturated rings. The third-order valence-electron chi connectivity index (χ3n) is 7.35. The zero-order valence-corrected chi connectivity index (χ0v) is 23.3. The first-order valence-corrected chi connectivity index (χ1v) is 13.7. The molecule has 0 bridgehead atoms. The monoisotopic (exact) mass is 555 g/mol. The second kappa shape index (κ2) is 13.6. The van der Waals surface area contributed by atoms with Gasteiger partial charge in [-0.1, -0.05) is 48.5 Å². The van der Waals surface area contributed by atoms with E-state index in [1.165, 1.54) is 5.56 Å². The van der Waals surface area contributed by atoms with Crippen LogP contribution < -0.4 is 15.4 Å². The normalized spacial score (nSPS) is 13.4. The molecule has 4 rings (SSSR count). The number of amidine groups is 2. The van der Waals surface area contributed by atoms with Gasteiger partial charge in [0.25, 0.3) is 0 Å². The summed E-state index contributed by atoms with van der Waals surface area (Å²) < 4.78 is 5.33. The van der Waals surface area contributed by atoms with Gasteiger partial charge >= 0.3 is 5.97 Å². The smallest absolute Gasteiger partial charge is 0.341 e. The molecule has 0 atom stereocenters. The van der Waals surface area contributed by atoms with Crippen LogP contribution in [0.5, 0.6) is 5.75 Å². The predicted molar refractivity (Wildman–Crippen MR) is 160 cm³/mol. The lowest BCUT2D eigenvalue weighted by Crippen LogP contribution is -2.36. The van der Waals surface area contributed by atoms with E-state index in [2.05, 4.69) is 17.0 Å². The fraction of sp³-hybridized carbons (Fsp3) is 0.312. The molecule has 0 saturated carbocycles. The van der Waals surface area contributed by atoms with Crippen molar-refractivity contribution in [2.45, 2.75) is 38.6 Å². The number of carboxylic acid groups (broad SMARTS) is 1. The van der Waals surface area contributed by atoms with Gasteiger partial charge in [-0.25, -0.2) is 4.79 Å². The first-order valence-electron chi connectivity index (χ1n) is 13.7. The van der Waals surface area contributed by atoms with Crippen LogP contribution in [0.15, 0.2) is 72.8 Å². The summed E-state index contributed by atoms with van der Waals surface area (Å²) in [7, 11) is 0. The van der Waals surface area contributed by atoms with Crippen LogP contribution >= 0.6 is 0 Å². The minimum atomic E-state index is -1.06. The van der Waals surface area contributed by atoms with Crippen LogP contribution in [-0.2, 0) is 22.6 Å². The highest BCUT2D eigenvalue weighted by Crippen LogP contribution is 2.28. The fourth-order valence-corrected chi connectivity index (χ4v) is 5.16. The summed E-state index contributed by atoms with van der Waals surface area (Å²) in [6.45, 7) is 3.72. The average molecular weight is 556 g/mol. The maximum Gasteiger partial charge on any atom is 0.341 e. The van der Waals surface area contributed by atoms with Crippen molar-refractivity contribution in [3.8, 4) is 5.75 Å². The number of rotatable bonds is 12. The molecular formula is C32H37N5O4. The van der Waals surface area contributed by atoms with Gasteiger partial charge in [0.15, 0.2) is 12.4 Å². The summed E-state index contributed by atoms with van der Waals surface area (Å²) in [4.78, 5) is 28.3. The van der Waals surface area contributed by atoms with Crippen molar-refractivity contribution < 1.29 is 19.4 Å². The van der Waals surface area contributed by atoms with Crippen molar-refractivity contribution in [2.75, 3.05) is 31.1 Å². The van der Waals surface area contributed by atoms with Crippen LogP contribution in [0, 0.1) is 10.8 Å². The highest BCUT2D eigenvalue weighted by Gasteiger charge is 2.21. The SMILES string of the molecule is CC(=N)N1CCC(c2ccc(CC(=O)CN(Cc3cccc(OCC(=O)O)c3)c3cccc(C(=N)N)c3)cc2)CC1. The Balaban J connectivity index is 1.45. The number of benzene rings is 3. The molecule has 0 unspecified atom stereocenters. The maximum absolute atomic E-state index is 13.3. The summed E-state index contributed by atoms with van der Waals surface area (Å²) in [6, 6.07) is 22.7. The summed E-state index contributed by atoms with van der Waals surface area (Å²) >= 11 is 0. The molecule has 0 radical (unpaired) electrons. The number of Topliss-reactive ketones (excluding diaryl/α,β-unsaturated/α-hetero) is 1. The molecule has 3 aromatic carbocycles. The summed E-state index contributed by atoms with van der Waals surface area (Å²) in [5, 5.41) is 24.6. The third kappa shape index (κ3) is 8.41. The van der Waals surface area contributed by atoms with E-state index in [4.69, 9.17) is 26.4 Å². The number of nitrogens with two attached hydrogens (primary N) is 1. The Bertz CT molecular complexity index is 1400. The quantitative estimate of drug-likeness (QED) is 0.191. The molecule has 1 heterocycles. The lowest BCUT2D eigenvalue weighted by Gasteiger charge is -2.33. The van der Waals surface area contributed by atoms with E-state index >= 15 is 0 Å². The topological polar surface area (TPSA) is 144 Å². The number of anilines is 1. The molecule has 214 valence electrons. The van der Waals surface area contributed by atoms with E-state index in [1.807, 2.05) is 42.2 Å². The number of aliphatic carboxylic acids is 1. The van der Waals surface area contributed by atoms with Crippen LogP contribution in [0.2, 0.25) is 0 Å². The van der Waals surface area contributed by atoms with Crippen LogP contribution in [0.4, 0.5) is 5.69 Å². The number of carbonyl (C=O) groups is 2. The molecule has 9 heteroatoms. The molecule has 1 aliphatic rings. The Morgan fingerprint density at radius 1 is 1.00 bits per heavy atom. The van der Waals surface area contributed by atoms with Crippen molar-refractivity contribution in [2.24, 2.45) is 5.73 Å². The van der Waals surface area contributed by atoms with Crippen LogP contribution in [0.1, 0.15) is 47.9 Å². The molecular weight excluding hydrogens is 518 g/mol. The molecule has 1 saturated heterocycles. The number of likely N-dealkylation sites (tertiary alicyclic amines) is 1. The molecule has 0 spiro atoms. The standard InChI is InChI=1S/C32H37N5O4/c1-22(33)36-14-12-26(13-15-36)25-10-8-23(9-11-25)16-29(38)20-37(28-6-3-5-27(18-28)32(34)35)19-24-4-2-7-30(17-24)41-21-31(39)40/h2-11,17-18,26,33H,12-16,19-21H2,1H3,(H3,34,35)(H,39,40). The van der Waals surface area contributed by atoms with Crippen molar-refractivity contribution in [1.29, 1.82) is 10.8 Å². The van der Waals surface area contributed by atoms with Gasteiger partial charge in [0.05, 0.1) is 12.4 Å². The van der Waals surface area contributed by atoms with Crippen molar-refractivity contribution in [3.63, 3.8) is 0 Å². The zero-order valence-electron chi connectivity index (χ0n) is 23.3. The van der Waals surface area contributed by atoms with E-state index < -0.39 is 12.6 Å². The van der Waals surface area contributed by atoms with E-state index in [0.717, 1.165) is 42.7 Å². The van der Waals surface area contributed by atoms with Gasteiger partial charge in [-0.15, -0.1) is 0 Å². The van der Waals surface area contributed by atoms with Crippen molar-refractivity contribution in [3.05, 3.63) is 95.1 Å². The highest BCUT2D eigenvalue weighted by atomic mass is 16.5. The summed E-state index contributed by atoms with van der Waals surface area (Å²) in [5.41, 5.74) is 10.1. The lowest BCUT2D eigenvalue weighted by atomic mass is 9.88. The number of hydrogen-bond donors (Lipinski definition) is 4. The maximum atomic E-state index is 13.3. The molecule has 0 aromatic heterocycles. The van der Waals surface area contributed by atoms with Gasteiger partial charge in [0.1, 0.15) is 11.6 Å². The second-order valence-electron chi connectivity index (χ2n) is 10.5. The number of carboxylic acids is 1. The molecule has 3 aromatic rings. The van der Waals surface area contributed by atoms with Crippen LogP contribution in [0.3, 0.4) is 0 Å². The highest BCUT2D eigenvalue weighted by molar-refractivity contribution is 5.96. The molecule has 0 aliphatic carbocycles. The molecule has 41 heavy (non-hydrogen) atoms. The van der Waals surface area contributed by atoms with Crippen molar-refractivity contribution in [1.82, 2.24) is 4.90 Å². The van der Waals surface area contributed by atoms with Gasteiger partial charge in [-0.05, 0) is 66.6 Å². The zero-order chi connectivity index (χ0) is 29.4. The Hall–Kier alpha value is -4.66. The first kappa shape index (κ1) is 29.3. The minimum Gasteiger partial charge on any atom is -0.482 e. The Morgan fingerprint density at radius 3 is 2.37 bits per heavy atom. The summed E-state index contributed by atoms with van der Waals surface area (Å²) in [6.07, 6.45) is 2.33. The number of hydrogen-bond acceptors (Lipinski definition) is 6. The van der Waals surface area contributed by atoms with E-state index in [0.29, 0.717) is 29.6 Å². The second-order valence-corrected chi connectivity index (χ2v) is 10.5. The Labute approximate surface area is 240 Å². The van der Waals surface area contributed by atoms with Crippen molar-refractivity contribution >= 4 is 29.1 Å². The van der Waals surface area contributed by atoms with E-state index in [-0.39, 0.29) is 24.6 Å². The van der Waals surface area contributed by atoms with Crippen LogP contribution in [0.25, 0.3) is 0 Å². The van der Waals surface area contributed by atoms with E-state index in [9.17, 15) is 9.59 Å². The largest absolute Gasteiger partial charge is 0.482 e. The lowest BCUT2D eigenvalue weighted by molar-refractivity contribution is -0.139. The molecule has 5 N–H and O–H groups in total. The van der Waals surface area contributed by atoms with Gasteiger partial charge < -0.3 is 25.4 Å². The number of nitrogen functional groups attached to an aromatic ring is 1. The Morgan fingerprint density at radius 2 is 1.71 bits per heavy atom. The minimum absolute atomic E-state index is 0.0408. The van der Waals surface area contributed by atoms with Gasteiger partial charge in [0.2, 0.25) is 0 Å². The number of carbonyl (C=O) groups excluding carboxylic acids is 1. The Kier molecular flexibility index (Phi) is 9.73. The number of ketones is 1. The third-order valence-corrected chi connectivity index (χ3v) is 7.35. The fourth-order valence-electron chi connectivity index (χ4n) is 5.16. The van der Waals surface area contributed by atoms with Crippen LogP contribution in [-0.4, -0.2) is 59.7 Å². The van der Waals surface area contributed by atoms with Gasteiger partial charge in [-0.2, -0.15) is 0 Å². The van der Waals surface area contributed by atoms with Gasteiger partial charge in [0, 0.05) is 37.3 Å². The number of ether oxygens (including phenoxy) is 1. The molecule has 9 nitrogen and oxygen atoms in total. The molecule has 1 aliphatic heterocycles. The molecule has 0 amide bonds. The van der Waals surface area contributed by atoms with E-state index in [1.54, 1.807) is 30.3 Å². The number of piperidine rings is 1. The number of nitrogens with zero attached hydrogens (tertiary/aromatic N) is 2. The number of nitrogens with one attached hydrogen (secondary N) is 2. The first-order chi connectivity index (χ1) is 19.7. The predicted octanol–water partition coefficient (Wildman–Crippen LogP) is 4.43. The average Bonchev–Trinajstić information content (AvgIpc) is 2.96.